The van der Waals surface area contributed by atoms with Crippen LogP contribution in [0.15, 0.2) is 24.3 Å². The summed E-state index contributed by atoms with van der Waals surface area (Å²) in [6.45, 7) is 14.2. The lowest BCUT2D eigenvalue weighted by molar-refractivity contribution is -0.447. The highest BCUT2D eigenvalue weighted by Gasteiger charge is 2.86. The number of allylic oxidation sites excluding steroid dienone is 1. The van der Waals surface area contributed by atoms with Crippen LogP contribution in [0.4, 0.5) is 0 Å². The summed E-state index contributed by atoms with van der Waals surface area (Å²) in [6.07, 6.45) is 6.27. The van der Waals surface area contributed by atoms with Crippen LogP contribution in [-0.2, 0) is 19.1 Å². The largest absolute Gasteiger partial charge is 0.391 e. The van der Waals surface area contributed by atoms with Crippen molar-refractivity contribution in [2.45, 2.75) is 84.2 Å². The third-order valence-electron chi connectivity index (χ3n) is 10.2. The zero-order valence-corrected chi connectivity index (χ0v) is 22.3. The van der Waals surface area contributed by atoms with Gasteiger partial charge < -0.3 is 24.6 Å². The molecular formula is C29H43NO6. The molecular weight excluding hydrogens is 458 g/mol. The third-order valence-corrected chi connectivity index (χ3v) is 10.2. The van der Waals surface area contributed by atoms with Gasteiger partial charge in [-0.25, -0.2) is 0 Å². The van der Waals surface area contributed by atoms with Gasteiger partial charge in [0.25, 0.3) is 0 Å². The van der Waals surface area contributed by atoms with E-state index in [1.165, 1.54) is 0 Å². The maximum atomic E-state index is 14.1. The monoisotopic (exact) mass is 501 g/mol. The van der Waals surface area contributed by atoms with Gasteiger partial charge >= 0.3 is 0 Å². The normalized spacial score (nSPS) is 43.9. The summed E-state index contributed by atoms with van der Waals surface area (Å²) in [7, 11) is 0. The molecule has 2 saturated heterocycles. The van der Waals surface area contributed by atoms with Crippen molar-refractivity contribution in [3.63, 3.8) is 0 Å². The van der Waals surface area contributed by atoms with E-state index in [9.17, 15) is 19.8 Å². The first kappa shape index (κ1) is 26.1. The van der Waals surface area contributed by atoms with E-state index in [-0.39, 0.29) is 47.9 Å². The zero-order chi connectivity index (χ0) is 26.1. The number of hydrogen-bond donors (Lipinski definition) is 2. The Morgan fingerprint density at radius 1 is 1.19 bits per heavy atom. The van der Waals surface area contributed by atoms with E-state index < -0.39 is 28.8 Å². The predicted octanol–water partition coefficient (Wildman–Crippen LogP) is 3.24. The van der Waals surface area contributed by atoms with Crippen molar-refractivity contribution in [2.24, 2.45) is 34.0 Å². The Balaban J connectivity index is 1.55. The fourth-order valence-corrected chi connectivity index (χ4v) is 8.98. The molecule has 4 bridgehead atoms. The van der Waals surface area contributed by atoms with Gasteiger partial charge in [0.2, 0.25) is 11.7 Å². The second kappa shape index (κ2) is 8.75. The van der Waals surface area contributed by atoms with Crippen molar-refractivity contribution in [3.05, 3.63) is 24.3 Å². The van der Waals surface area contributed by atoms with Crippen molar-refractivity contribution in [2.75, 3.05) is 26.3 Å². The molecule has 6 rings (SSSR count). The minimum atomic E-state index is -1.71. The van der Waals surface area contributed by atoms with Gasteiger partial charge in [-0.15, -0.1) is 0 Å². The summed E-state index contributed by atoms with van der Waals surface area (Å²) in [6, 6.07) is 0. The SMILES string of the molecule is C=C1C(=O)[C@]23[C@H](O)[C@H]1CC[C@H]2[C@]12C=CCC(C)(C)[C@H]1[C@H](O)[C@@]3(OCCC(=O)N(CCC)CCC)OC2. The Morgan fingerprint density at radius 2 is 1.89 bits per heavy atom. The Labute approximate surface area is 214 Å². The average Bonchev–Trinajstić information content (AvgIpc) is 2.93. The molecule has 0 aromatic rings. The Morgan fingerprint density at radius 3 is 2.56 bits per heavy atom. The lowest BCUT2D eigenvalue weighted by atomic mass is 9.37. The molecule has 7 heteroatoms. The molecule has 1 amide bonds. The van der Waals surface area contributed by atoms with E-state index in [0.717, 1.165) is 25.7 Å². The third kappa shape index (κ3) is 3.06. The molecule has 2 heterocycles. The average molecular weight is 502 g/mol. The molecule has 2 aliphatic heterocycles. The van der Waals surface area contributed by atoms with Crippen LogP contribution in [-0.4, -0.2) is 71.1 Å². The molecule has 0 radical (unpaired) electrons. The molecule has 0 aromatic carbocycles. The molecule has 2 N–H and O–H groups in total. The van der Waals surface area contributed by atoms with E-state index in [1.807, 2.05) is 18.7 Å². The summed E-state index contributed by atoms with van der Waals surface area (Å²) in [5.74, 6) is -2.73. The van der Waals surface area contributed by atoms with E-state index in [4.69, 9.17) is 9.47 Å². The number of carbonyl (C=O) groups is 2. The van der Waals surface area contributed by atoms with Crippen LogP contribution in [0, 0.1) is 34.0 Å². The van der Waals surface area contributed by atoms with Crippen LogP contribution in [0.5, 0.6) is 0 Å². The van der Waals surface area contributed by atoms with Crippen LogP contribution in [0.25, 0.3) is 0 Å². The van der Waals surface area contributed by atoms with E-state index in [1.54, 1.807) is 0 Å². The first-order valence-corrected chi connectivity index (χ1v) is 13.9. The predicted molar refractivity (Wildman–Crippen MR) is 135 cm³/mol. The van der Waals surface area contributed by atoms with Gasteiger partial charge in [-0.3, -0.25) is 9.59 Å². The highest BCUT2D eigenvalue weighted by atomic mass is 16.7. The van der Waals surface area contributed by atoms with Crippen molar-refractivity contribution >= 4 is 11.7 Å². The quantitative estimate of drug-likeness (QED) is 0.392. The number of rotatable bonds is 8. The first-order valence-electron chi connectivity index (χ1n) is 13.9. The second-order valence-electron chi connectivity index (χ2n) is 12.5. The number of aliphatic hydroxyl groups excluding tert-OH is 2. The van der Waals surface area contributed by atoms with Gasteiger partial charge in [0, 0.05) is 30.3 Å². The van der Waals surface area contributed by atoms with Gasteiger partial charge in [0.1, 0.15) is 11.5 Å². The van der Waals surface area contributed by atoms with Crippen LogP contribution < -0.4 is 0 Å². The molecule has 5 fully saturated rings. The molecule has 0 aromatic heterocycles. The van der Waals surface area contributed by atoms with Gasteiger partial charge in [0.15, 0.2) is 5.78 Å². The smallest absolute Gasteiger partial charge is 0.224 e. The Kier molecular flexibility index (Phi) is 6.34. The summed E-state index contributed by atoms with van der Waals surface area (Å²) in [4.78, 5) is 28.9. The zero-order valence-electron chi connectivity index (χ0n) is 22.3. The number of carbonyl (C=O) groups excluding carboxylic acids is 2. The molecule has 2 spiro atoms. The highest BCUT2D eigenvalue weighted by molar-refractivity contribution is 6.05. The summed E-state index contributed by atoms with van der Waals surface area (Å²) < 4.78 is 13.0. The summed E-state index contributed by atoms with van der Waals surface area (Å²) >= 11 is 0. The molecule has 6 aliphatic rings. The molecule has 7 nitrogen and oxygen atoms in total. The number of Topliss-reactive ketones (excluding diaryl/α,β-unsaturated/α-hetero) is 1. The van der Waals surface area contributed by atoms with Crippen LogP contribution in [0.3, 0.4) is 0 Å². The van der Waals surface area contributed by atoms with Crippen molar-refractivity contribution in [3.8, 4) is 0 Å². The van der Waals surface area contributed by atoms with Gasteiger partial charge in [-0.2, -0.15) is 0 Å². The van der Waals surface area contributed by atoms with Crippen LogP contribution in [0.1, 0.15) is 66.2 Å². The lowest BCUT2D eigenvalue weighted by Crippen LogP contribution is -2.83. The number of nitrogens with zero attached hydrogens (tertiary/aromatic N) is 1. The van der Waals surface area contributed by atoms with Crippen LogP contribution >= 0.6 is 0 Å². The van der Waals surface area contributed by atoms with Crippen molar-refractivity contribution < 1.29 is 29.3 Å². The van der Waals surface area contributed by atoms with Crippen molar-refractivity contribution in [1.82, 2.24) is 4.90 Å². The summed E-state index contributed by atoms with van der Waals surface area (Å²) in [5, 5.41) is 23.9. The fourth-order valence-electron chi connectivity index (χ4n) is 8.98. The number of hydrogen-bond acceptors (Lipinski definition) is 6. The topological polar surface area (TPSA) is 96.3 Å². The minimum absolute atomic E-state index is 0.00948. The molecule has 4 aliphatic carbocycles. The standard InChI is InChI=1S/C29H43NO6/c1-6-14-30(15-7-2)21(31)11-16-35-29-25(34)22-26(4,5)12-8-13-27(22,17-36-29)20-10-9-19-18(3)23(32)28(20,29)24(19)33/h8,13,19-20,22,24-25,33-34H,3,6-7,9-12,14-17H2,1-2,4-5H3/t19-,20-,22+,24+,25-,27+,28-,29+/m0/s1. The number of fused-ring (bicyclic) bond motifs is 2. The molecule has 0 unspecified atom stereocenters. The van der Waals surface area contributed by atoms with E-state index >= 15 is 0 Å². The maximum absolute atomic E-state index is 14.1. The molecule has 3 saturated carbocycles. The van der Waals surface area contributed by atoms with E-state index in [2.05, 4.69) is 32.6 Å². The van der Waals surface area contributed by atoms with Crippen LogP contribution in [0.2, 0.25) is 0 Å². The fraction of sp³-hybridized carbons (Fsp3) is 0.793. The van der Waals surface area contributed by atoms with Gasteiger partial charge in [-0.05, 0) is 49.0 Å². The maximum Gasteiger partial charge on any atom is 0.224 e. The lowest BCUT2D eigenvalue weighted by Gasteiger charge is -2.73. The van der Waals surface area contributed by atoms with Crippen molar-refractivity contribution in [1.29, 1.82) is 0 Å². The number of amides is 1. The number of aliphatic hydroxyl groups is 2. The van der Waals surface area contributed by atoms with Gasteiger partial charge in [0.05, 0.1) is 25.7 Å². The first-order chi connectivity index (χ1) is 17.0. The Bertz CT molecular complexity index is 969. The molecule has 8 atom stereocenters. The number of ketones is 1. The molecule has 36 heavy (non-hydrogen) atoms. The summed E-state index contributed by atoms with van der Waals surface area (Å²) in [5.41, 5.74) is -1.82. The van der Waals surface area contributed by atoms with Gasteiger partial charge in [-0.1, -0.05) is 46.4 Å². The highest BCUT2D eigenvalue weighted by Crippen LogP contribution is 2.76. The Hall–Kier alpha value is -1.54. The number of ether oxygens (including phenoxy) is 2. The second-order valence-corrected chi connectivity index (χ2v) is 12.5. The van der Waals surface area contributed by atoms with E-state index in [0.29, 0.717) is 31.7 Å². The minimum Gasteiger partial charge on any atom is -0.391 e. The molecule has 200 valence electrons.